The third-order valence-electron chi connectivity index (χ3n) is 7.33. The van der Waals surface area contributed by atoms with E-state index in [1.54, 1.807) is 64.2 Å². The molecule has 4 N–H and O–H groups in total. The van der Waals surface area contributed by atoms with Gasteiger partial charge in [-0.15, -0.1) is 0 Å². The lowest BCUT2D eigenvalue weighted by Crippen LogP contribution is -2.31. The number of aliphatic carboxylic acids is 1. The molecule has 12 nitrogen and oxygen atoms in total. The molecule has 1 atom stereocenters. The third-order valence-corrected chi connectivity index (χ3v) is 7.84. The normalized spacial score (nSPS) is 12.7. The van der Waals surface area contributed by atoms with Crippen molar-refractivity contribution in [2.75, 3.05) is 38.5 Å². The molecular formula is C34H36Cl2FN7O5. The van der Waals surface area contributed by atoms with E-state index in [0.29, 0.717) is 11.7 Å². The molecule has 2 aromatic heterocycles. The Balaban J connectivity index is 1.95. The average molecular weight is 713 g/mol. The summed E-state index contributed by atoms with van der Waals surface area (Å²) in [5.41, 5.74) is 6.49. The molecule has 0 aliphatic rings. The Hall–Kier alpha value is -5.14. The van der Waals surface area contributed by atoms with Crippen LogP contribution in [0.5, 0.6) is 11.6 Å². The van der Waals surface area contributed by atoms with Crippen LogP contribution in [0, 0.1) is 11.7 Å². The van der Waals surface area contributed by atoms with Crippen LogP contribution in [0.25, 0.3) is 0 Å². The number of carboxylic acid groups (broad SMARTS) is 1. The van der Waals surface area contributed by atoms with E-state index in [0.717, 1.165) is 11.6 Å². The lowest BCUT2D eigenvalue weighted by Gasteiger charge is -2.27. The van der Waals surface area contributed by atoms with Gasteiger partial charge in [0.05, 0.1) is 48.8 Å². The number of nitrogens with two attached hydrogens (primary N) is 1. The lowest BCUT2D eigenvalue weighted by molar-refractivity contribution is -0.132. The first-order valence-electron chi connectivity index (χ1n) is 14.9. The Bertz CT molecular complexity index is 1960. The van der Waals surface area contributed by atoms with Crippen molar-refractivity contribution >= 4 is 52.2 Å². The van der Waals surface area contributed by atoms with Crippen molar-refractivity contribution in [1.29, 1.82) is 0 Å². The zero-order valence-electron chi connectivity index (χ0n) is 27.7. The number of halogens is 3. The molecule has 0 bridgehead atoms. The number of aliphatic imine (C=N–C) groups is 1. The molecule has 0 saturated carbocycles. The highest BCUT2D eigenvalue weighted by molar-refractivity contribution is 6.31. The standard InChI is InChI=1S/C34H36Cl2FN7O5/c1-18(2)29(41-26-15-39-34(43(3)4)42-31(26)49-6)27(28(38)33(46)47)30(20-9-12-23(36)24(37)13-20)40-25-14-21(35)17-44(32(25)45)16-19-7-10-22(48-5)11-8-19/h7-15,17-18,30,40H,16,38H2,1-6H3,(H,46,47). The van der Waals surface area contributed by atoms with Crippen molar-refractivity contribution in [1.82, 2.24) is 14.5 Å². The molecule has 1 unspecified atom stereocenters. The number of hydrogen-bond acceptors (Lipinski definition) is 10. The summed E-state index contributed by atoms with van der Waals surface area (Å²) in [5, 5.41) is 13.4. The minimum atomic E-state index is -1.47. The van der Waals surface area contributed by atoms with Gasteiger partial charge in [-0.1, -0.05) is 55.2 Å². The summed E-state index contributed by atoms with van der Waals surface area (Å²) in [5.74, 6) is -1.61. The molecule has 4 rings (SSSR count). The number of nitrogens with zero attached hydrogens (tertiary/aromatic N) is 5. The highest BCUT2D eigenvalue weighted by Gasteiger charge is 2.30. The number of methoxy groups -OCH3 is 2. The molecule has 0 aliphatic carbocycles. The number of anilines is 2. The maximum atomic E-state index is 15.0. The second kappa shape index (κ2) is 15.8. The van der Waals surface area contributed by atoms with Crippen LogP contribution in [0.15, 0.2) is 82.0 Å². The number of aromatic nitrogens is 3. The van der Waals surface area contributed by atoms with Crippen LogP contribution >= 0.6 is 23.2 Å². The van der Waals surface area contributed by atoms with Crippen molar-refractivity contribution in [2.45, 2.75) is 26.4 Å². The Morgan fingerprint density at radius 3 is 2.39 bits per heavy atom. The summed E-state index contributed by atoms with van der Waals surface area (Å²) in [4.78, 5) is 41.6. The molecule has 0 aliphatic heterocycles. The molecule has 0 fully saturated rings. The molecule has 0 amide bonds. The molecule has 0 radical (unpaired) electrons. The lowest BCUT2D eigenvalue weighted by atomic mass is 9.87. The zero-order valence-corrected chi connectivity index (χ0v) is 29.2. The molecule has 0 spiro atoms. The number of pyridine rings is 1. The Labute approximate surface area is 292 Å². The van der Waals surface area contributed by atoms with Gasteiger partial charge < -0.3 is 35.1 Å². The van der Waals surface area contributed by atoms with Crippen LogP contribution in [-0.2, 0) is 11.3 Å². The SMILES string of the molecule is COc1ccc(Cn2cc(Cl)cc(NC(C(C(=Nc3cnc(N(C)C)nc3OC)C(C)C)=C(N)C(=O)O)c3ccc(Cl)c(F)c3)c2=O)cc1. The quantitative estimate of drug-likeness (QED) is 0.109. The summed E-state index contributed by atoms with van der Waals surface area (Å²) in [7, 11) is 6.48. The topological polar surface area (TPSA) is 157 Å². The van der Waals surface area contributed by atoms with Crippen LogP contribution in [0.2, 0.25) is 10.0 Å². The fraction of sp³-hybridized carbons (Fsp3) is 0.265. The maximum Gasteiger partial charge on any atom is 0.352 e. The smallest absolute Gasteiger partial charge is 0.352 e. The van der Waals surface area contributed by atoms with Gasteiger partial charge in [-0.25, -0.2) is 19.2 Å². The van der Waals surface area contributed by atoms with Gasteiger partial charge >= 0.3 is 5.97 Å². The Morgan fingerprint density at radius 1 is 1.12 bits per heavy atom. The van der Waals surface area contributed by atoms with Crippen LogP contribution in [0.3, 0.4) is 0 Å². The van der Waals surface area contributed by atoms with Gasteiger partial charge in [-0.3, -0.25) is 4.79 Å². The van der Waals surface area contributed by atoms with Crippen molar-refractivity contribution < 1.29 is 23.8 Å². The van der Waals surface area contributed by atoms with E-state index in [2.05, 4.69) is 15.3 Å². The number of carbonyl (C=O) groups is 1. The zero-order chi connectivity index (χ0) is 36.0. The monoisotopic (exact) mass is 711 g/mol. The van der Waals surface area contributed by atoms with Crippen molar-refractivity contribution in [2.24, 2.45) is 16.6 Å². The van der Waals surface area contributed by atoms with Gasteiger partial charge in [-0.2, -0.15) is 4.98 Å². The number of carboxylic acids is 1. The van der Waals surface area contributed by atoms with Gasteiger partial charge in [0.15, 0.2) is 0 Å². The fourth-order valence-corrected chi connectivity index (χ4v) is 5.24. The fourth-order valence-electron chi connectivity index (χ4n) is 4.90. The summed E-state index contributed by atoms with van der Waals surface area (Å²) < 4.78 is 27.1. The van der Waals surface area contributed by atoms with E-state index < -0.39 is 35.0 Å². The van der Waals surface area contributed by atoms with Gasteiger partial charge in [0.25, 0.3) is 5.56 Å². The van der Waals surface area contributed by atoms with E-state index in [4.69, 9.17) is 43.4 Å². The minimum Gasteiger partial charge on any atom is -0.497 e. The average Bonchev–Trinajstić information content (AvgIpc) is 3.07. The predicted molar refractivity (Wildman–Crippen MR) is 189 cm³/mol. The van der Waals surface area contributed by atoms with Crippen molar-refractivity contribution in [3.63, 3.8) is 0 Å². The molecule has 2 aromatic carbocycles. The Morgan fingerprint density at radius 2 is 1.82 bits per heavy atom. The maximum absolute atomic E-state index is 15.0. The summed E-state index contributed by atoms with van der Waals surface area (Å²) in [6.45, 7) is 3.70. The van der Waals surface area contributed by atoms with Gasteiger partial charge in [-0.05, 0) is 47.4 Å². The van der Waals surface area contributed by atoms with Crippen LogP contribution in [0.1, 0.15) is 31.0 Å². The number of rotatable bonds is 13. The highest BCUT2D eigenvalue weighted by atomic mass is 35.5. The predicted octanol–water partition coefficient (Wildman–Crippen LogP) is 6.10. The third kappa shape index (κ3) is 8.67. The van der Waals surface area contributed by atoms with Gasteiger partial charge in [0.1, 0.15) is 28.6 Å². The first-order chi connectivity index (χ1) is 23.2. The molecule has 4 aromatic rings. The van der Waals surface area contributed by atoms with E-state index in [1.165, 1.54) is 42.3 Å². The van der Waals surface area contributed by atoms with Crippen molar-refractivity contribution in [3.05, 3.63) is 110 Å². The van der Waals surface area contributed by atoms with Crippen LogP contribution in [-0.4, -0.2) is 59.6 Å². The van der Waals surface area contributed by atoms with E-state index >= 15 is 4.39 Å². The van der Waals surface area contributed by atoms with Gasteiger partial charge in [0, 0.05) is 25.9 Å². The van der Waals surface area contributed by atoms with E-state index in [1.807, 2.05) is 0 Å². The number of hydrogen-bond donors (Lipinski definition) is 3. The first-order valence-corrected chi connectivity index (χ1v) is 15.6. The second-order valence-electron chi connectivity index (χ2n) is 11.3. The molecule has 2 heterocycles. The molecule has 15 heteroatoms. The molecular weight excluding hydrogens is 676 g/mol. The first kappa shape index (κ1) is 36.7. The van der Waals surface area contributed by atoms with Crippen LogP contribution < -0.4 is 31.0 Å². The number of ether oxygens (including phenoxy) is 2. The Kier molecular flexibility index (Phi) is 11.9. The molecule has 49 heavy (non-hydrogen) atoms. The number of nitrogens with one attached hydrogen (secondary N) is 1. The minimum absolute atomic E-state index is 0.0172. The van der Waals surface area contributed by atoms with Crippen LogP contribution in [0.4, 0.5) is 21.7 Å². The second-order valence-corrected chi connectivity index (χ2v) is 12.2. The van der Waals surface area contributed by atoms with Gasteiger partial charge in [0.2, 0.25) is 11.8 Å². The molecule has 0 saturated heterocycles. The molecule has 258 valence electrons. The van der Waals surface area contributed by atoms with Crippen molar-refractivity contribution in [3.8, 4) is 11.6 Å². The van der Waals surface area contributed by atoms with E-state index in [9.17, 15) is 14.7 Å². The van der Waals surface area contributed by atoms with E-state index in [-0.39, 0.29) is 50.7 Å². The highest BCUT2D eigenvalue weighted by Crippen LogP contribution is 2.35. The summed E-state index contributed by atoms with van der Waals surface area (Å²) in [6.07, 6.45) is 2.90. The largest absolute Gasteiger partial charge is 0.497 e. The summed E-state index contributed by atoms with van der Waals surface area (Å²) in [6, 6.07) is 11.2. The number of benzene rings is 2. The summed E-state index contributed by atoms with van der Waals surface area (Å²) >= 11 is 12.5.